The Morgan fingerprint density at radius 2 is 2.07 bits per heavy atom. The van der Waals surface area contributed by atoms with Gasteiger partial charge in [-0.1, -0.05) is 23.8 Å². The lowest BCUT2D eigenvalue weighted by Gasteiger charge is -2.04. The number of nitrogens with two attached hydrogens (primary N) is 1. The summed E-state index contributed by atoms with van der Waals surface area (Å²) >= 11 is 0. The van der Waals surface area contributed by atoms with Crippen molar-refractivity contribution in [2.75, 3.05) is 5.73 Å². The van der Waals surface area contributed by atoms with Gasteiger partial charge in [0.25, 0.3) is 0 Å². The standard InChI is InChI=1S/C11H12FN3/c1-6-3-4-8(7(2)5-6)10-9(12)11(13)15-14-10/h3-5H,1-2H3,(H3,13,14,15). The lowest BCUT2D eigenvalue weighted by molar-refractivity contribution is 0.636. The molecule has 1 aromatic heterocycles. The van der Waals surface area contributed by atoms with Gasteiger partial charge in [0.2, 0.25) is 0 Å². The molecule has 0 saturated heterocycles. The largest absolute Gasteiger partial charge is 0.380 e. The molecule has 0 fully saturated rings. The minimum absolute atomic E-state index is 0.0926. The first-order valence-electron chi connectivity index (χ1n) is 4.66. The van der Waals surface area contributed by atoms with Gasteiger partial charge in [-0.3, -0.25) is 5.10 Å². The molecule has 0 unspecified atom stereocenters. The zero-order valence-electron chi connectivity index (χ0n) is 8.63. The minimum atomic E-state index is -0.484. The Labute approximate surface area is 87.1 Å². The molecule has 15 heavy (non-hydrogen) atoms. The van der Waals surface area contributed by atoms with Crippen LogP contribution >= 0.6 is 0 Å². The van der Waals surface area contributed by atoms with Gasteiger partial charge in [0.15, 0.2) is 11.6 Å². The van der Waals surface area contributed by atoms with Crippen molar-refractivity contribution in [3.63, 3.8) is 0 Å². The van der Waals surface area contributed by atoms with Crippen LogP contribution in [-0.4, -0.2) is 10.2 Å². The lowest BCUT2D eigenvalue weighted by atomic mass is 10.0. The van der Waals surface area contributed by atoms with Gasteiger partial charge in [-0.15, -0.1) is 0 Å². The molecule has 0 aliphatic heterocycles. The van der Waals surface area contributed by atoms with Gasteiger partial charge in [0.1, 0.15) is 5.69 Å². The van der Waals surface area contributed by atoms with Crippen LogP contribution in [0.5, 0.6) is 0 Å². The summed E-state index contributed by atoms with van der Waals surface area (Å²) < 4.78 is 13.5. The Kier molecular flexibility index (Phi) is 2.19. The van der Waals surface area contributed by atoms with Gasteiger partial charge in [-0.2, -0.15) is 5.10 Å². The van der Waals surface area contributed by atoms with Crippen LogP contribution in [0.15, 0.2) is 18.2 Å². The van der Waals surface area contributed by atoms with Crippen molar-refractivity contribution in [3.8, 4) is 11.3 Å². The highest BCUT2D eigenvalue weighted by Crippen LogP contribution is 2.26. The molecular formula is C11H12FN3. The summed E-state index contributed by atoms with van der Waals surface area (Å²) in [7, 11) is 0. The Bertz CT molecular complexity index is 503. The maximum Gasteiger partial charge on any atom is 0.192 e. The molecule has 0 radical (unpaired) electrons. The average molecular weight is 205 g/mol. The van der Waals surface area contributed by atoms with Crippen LogP contribution < -0.4 is 5.73 Å². The van der Waals surface area contributed by atoms with E-state index in [4.69, 9.17) is 5.73 Å². The Balaban J connectivity index is 2.59. The Morgan fingerprint density at radius 1 is 1.33 bits per heavy atom. The summed E-state index contributed by atoms with van der Waals surface area (Å²) in [6.07, 6.45) is 0. The fourth-order valence-electron chi connectivity index (χ4n) is 1.61. The first-order valence-corrected chi connectivity index (χ1v) is 4.66. The first-order chi connectivity index (χ1) is 7.09. The van der Waals surface area contributed by atoms with Gasteiger partial charge in [0, 0.05) is 5.56 Å². The smallest absolute Gasteiger partial charge is 0.192 e. The third-order valence-corrected chi connectivity index (χ3v) is 2.38. The van der Waals surface area contributed by atoms with Crippen molar-refractivity contribution >= 4 is 5.82 Å². The fraction of sp³-hybridized carbons (Fsp3) is 0.182. The first kappa shape index (κ1) is 9.71. The summed E-state index contributed by atoms with van der Waals surface area (Å²) in [4.78, 5) is 0. The van der Waals surface area contributed by atoms with Crippen LogP contribution in [-0.2, 0) is 0 Å². The molecule has 4 heteroatoms. The maximum absolute atomic E-state index is 13.5. The molecule has 2 rings (SSSR count). The molecule has 78 valence electrons. The molecule has 1 heterocycles. The van der Waals surface area contributed by atoms with E-state index >= 15 is 0 Å². The van der Waals surface area contributed by atoms with Crippen molar-refractivity contribution in [1.29, 1.82) is 0 Å². The fourth-order valence-corrected chi connectivity index (χ4v) is 1.61. The average Bonchev–Trinajstić information content (AvgIpc) is 2.49. The minimum Gasteiger partial charge on any atom is -0.380 e. The van der Waals surface area contributed by atoms with Gasteiger partial charge < -0.3 is 5.73 Å². The Hall–Kier alpha value is -1.84. The van der Waals surface area contributed by atoms with E-state index in [2.05, 4.69) is 10.2 Å². The number of halogens is 1. The van der Waals surface area contributed by atoms with Crippen molar-refractivity contribution in [2.24, 2.45) is 0 Å². The van der Waals surface area contributed by atoms with Crippen molar-refractivity contribution in [2.45, 2.75) is 13.8 Å². The van der Waals surface area contributed by atoms with Gasteiger partial charge in [0.05, 0.1) is 0 Å². The number of aromatic amines is 1. The van der Waals surface area contributed by atoms with E-state index in [1.807, 2.05) is 32.0 Å². The van der Waals surface area contributed by atoms with E-state index in [-0.39, 0.29) is 5.82 Å². The number of rotatable bonds is 1. The van der Waals surface area contributed by atoms with Crippen LogP contribution in [0.1, 0.15) is 11.1 Å². The number of hydrogen-bond donors (Lipinski definition) is 2. The number of aromatic nitrogens is 2. The SMILES string of the molecule is Cc1ccc(-c2[nH]nc(N)c2F)c(C)c1. The van der Waals surface area contributed by atoms with Crippen molar-refractivity contribution in [3.05, 3.63) is 35.1 Å². The summed E-state index contributed by atoms with van der Waals surface area (Å²) in [5.41, 5.74) is 8.63. The predicted molar refractivity (Wildman–Crippen MR) is 57.9 cm³/mol. The normalized spacial score (nSPS) is 10.6. The number of H-pyrrole nitrogens is 1. The molecule has 0 atom stereocenters. The van der Waals surface area contributed by atoms with Gasteiger partial charge in [-0.05, 0) is 19.4 Å². The van der Waals surface area contributed by atoms with E-state index in [0.717, 1.165) is 16.7 Å². The summed E-state index contributed by atoms with van der Waals surface area (Å²) in [6, 6.07) is 5.78. The quantitative estimate of drug-likeness (QED) is 0.751. The maximum atomic E-state index is 13.5. The van der Waals surface area contributed by atoms with E-state index in [0.29, 0.717) is 5.69 Å². The summed E-state index contributed by atoms with van der Waals surface area (Å²) in [5.74, 6) is -0.577. The van der Waals surface area contributed by atoms with Crippen LogP contribution in [0.3, 0.4) is 0 Å². The van der Waals surface area contributed by atoms with Crippen LogP contribution in [0, 0.1) is 19.7 Å². The van der Waals surface area contributed by atoms with Crippen LogP contribution in [0.25, 0.3) is 11.3 Å². The lowest BCUT2D eigenvalue weighted by Crippen LogP contribution is -1.89. The van der Waals surface area contributed by atoms with Gasteiger partial charge >= 0.3 is 0 Å². The molecular weight excluding hydrogens is 193 g/mol. The molecule has 0 amide bonds. The zero-order chi connectivity index (χ0) is 11.0. The van der Waals surface area contributed by atoms with E-state index < -0.39 is 5.82 Å². The second kappa shape index (κ2) is 3.38. The molecule has 0 bridgehead atoms. The highest BCUT2D eigenvalue weighted by atomic mass is 19.1. The van der Waals surface area contributed by atoms with E-state index in [1.165, 1.54) is 0 Å². The molecule has 0 aliphatic carbocycles. The molecule has 0 spiro atoms. The second-order valence-corrected chi connectivity index (χ2v) is 3.62. The molecule has 3 nitrogen and oxygen atoms in total. The molecule has 2 aromatic rings. The Morgan fingerprint density at radius 3 is 2.60 bits per heavy atom. The van der Waals surface area contributed by atoms with Crippen LogP contribution in [0.4, 0.5) is 10.2 Å². The highest BCUT2D eigenvalue weighted by Gasteiger charge is 2.13. The monoisotopic (exact) mass is 205 g/mol. The molecule has 0 aliphatic rings. The highest BCUT2D eigenvalue weighted by molar-refractivity contribution is 5.67. The third kappa shape index (κ3) is 1.58. The zero-order valence-corrected chi connectivity index (χ0v) is 8.63. The van der Waals surface area contributed by atoms with Crippen molar-refractivity contribution < 1.29 is 4.39 Å². The molecule has 1 aromatic carbocycles. The van der Waals surface area contributed by atoms with E-state index in [9.17, 15) is 4.39 Å². The number of nitrogens with zero attached hydrogens (tertiary/aromatic N) is 1. The third-order valence-electron chi connectivity index (χ3n) is 2.38. The van der Waals surface area contributed by atoms with Crippen LogP contribution in [0.2, 0.25) is 0 Å². The molecule has 3 N–H and O–H groups in total. The van der Waals surface area contributed by atoms with Gasteiger partial charge in [-0.25, -0.2) is 4.39 Å². The predicted octanol–water partition coefficient (Wildman–Crippen LogP) is 2.41. The summed E-state index contributed by atoms with van der Waals surface area (Å²) in [6.45, 7) is 3.92. The van der Waals surface area contributed by atoms with E-state index in [1.54, 1.807) is 0 Å². The molecule has 0 saturated carbocycles. The number of benzene rings is 1. The second-order valence-electron chi connectivity index (χ2n) is 3.62. The number of nitrogen functional groups attached to an aromatic ring is 1. The summed E-state index contributed by atoms with van der Waals surface area (Å²) in [5, 5.41) is 6.23. The van der Waals surface area contributed by atoms with Crippen molar-refractivity contribution in [1.82, 2.24) is 10.2 Å². The number of nitrogens with one attached hydrogen (secondary N) is 1. The number of anilines is 1. The number of hydrogen-bond acceptors (Lipinski definition) is 2. The topological polar surface area (TPSA) is 54.7 Å². The number of aryl methyl sites for hydroxylation is 2.